The van der Waals surface area contributed by atoms with E-state index in [0.29, 0.717) is 12.5 Å². The normalized spacial score (nSPS) is 32.4. The minimum absolute atomic E-state index is 0.402. The van der Waals surface area contributed by atoms with Gasteiger partial charge in [-0.1, -0.05) is 12.8 Å². The van der Waals surface area contributed by atoms with E-state index < -0.39 is 0 Å². The number of hydrogen-bond acceptors (Lipinski definition) is 2. The predicted octanol–water partition coefficient (Wildman–Crippen LogP) is 2.66. The number of rotatable bonds is 4. The van der Waals surface area contributed by atoms with Crippen LogP contribution in [-0.2, 0) is 0 Å². The molecule has 0 radical (unpaired) electrons. The van der Waals surface area contributed by atoms with Crippen LogP contribution in [0.2, 0.25) is 0 Å². The fraction of sp³-hybridized carbons (Fsp3) is 1.00. The summed E-state index contributed by atoms with van der Waals surface area (Å²) >= 11 is 0. The average Bonchev–Trinajstić information content (AvgIpc) is 2.82. The summed E-state index contributed by atoms with van der Waals surface area (Å²) in [6.07, 6.45) is 10.9. The van der Waals surface area contributed by atoms with Gasteiger partial charge in [-0.2, -0.15) is 0 Å². The molecule has 0 saturated heterocycles. The van der Waals surface area contributed by atoms with Crippen LogP contribution in [0.5, 0.6) is 0 Å². The third-order valence-electron chi connectivity index (χ3n) is 4.72. The van der Waals surface area contributed by atoms with Gasteiger partial charge in [0.15, 0.2) is 0 Å². The molecule has 0 amide bonds. The molecule has 94 valence electrons. The molecule has 0 heterocycles. The number of aliphatic hydroxyl groups is 1. The molecule has 0 aromatic carbocycles. The predicted molar refractivity (Wildman–Crippen MR) is 67.4 cm³/mol. The van der Waals surface area contributed by atoms with E-state index in [2.05, 4.69) is 11.9 Å². The second-order valence-electron chi connectivity index (χ2n) is 5.95. The molecule has 2 fully saturated rings. The van der Waals surface area contributed by atoms with Gasteiger partial charge in [0.1, 0.15) is 0 Å². The molecule has 2 heteroatoms. The van der Waals surface area contributed by atoms with Crippen LogP contribution in [0.15, 0.2) is 0 Å². The highest BCUT2D eigenvalue weighted by atomic mass is 16.3. The quantitative estimate of drug-likeness (QED) is 0.795. The van der Waals surface area contributed by atoms with Crippen LogP contribution in [0.4, 0.5) is 0 Å². The second-order valence-corrected chi connectivity index (χ2v) is 5.95. The summed E-state index contributed by atoms with van der Waals surface area (Å²) in [4.78, 5) is 2.60. The van der Waals surface area contributed by atoms with Crippen molar-refractivity contribution in [2.45, 2.75) is 57.4 Å². The average molecular weight is 225 g/mol. The third kappa shape index (κ3) is 3.21. The lowest BCUT2D eigenvalue weighted by atomic mass is 9.85. The van der Waals surface area contributed by atoms with E-state index in [1.807, 2.05) is 0 Å². The number of nitrogens with zero attached hydrogens (tertiary/aromatic N) is 1. The lowest BCUT2D eigenvalue weighted by Gasteiger charge is -2.35. The standard InChI is InChI=1S/C14H27NO/c1-15(10-12-4-2-3-5-12)14-8-6-13(11-16)7-9-14/h12-14,16H,2-11H2,1H3. The third-order valence-corrected chi connectivity index (χ3v) is 4.72. The molecule has 0 spiro atoms. The number of hydrogen-bond donors (Lipinski definition) is 1. The highest BCUT2D eigenvalue weighted by molar-refractivity contribution is 4.80. The van der Waals surface area contributed by atoms with Crippen LogP contribution in [0, 0.1) is 11.8 Å². The molecule has 0 aromatic heterocycles. The van der Waals surface area contributed by atoms with E-state index in [4.69, 9.17) is 5.11 Å². The van der Waals surface area contributed by atoms with Crippen molar-refractivity contribution in [2.24, 2.45) is 11.8 Å². The molecule has 2 rings (SSSR count). The van der Waals surface area contributed by atoms with Crippen LogP contribution in [0.1, 0.15) is 51.4 Å². The Morgan fingerprint density at radius 2 is 1.56 bits per heavy atom. The maximum absolute atomic E-state index is 9.13. The first-order valence-electron chi connectivity index (χ1n) is 7.10. The van der Waals surface area contributed by atoms with Gasteiger partial charge in [0, 0.05) is 19.2 Å². The van der Waals surface area contributed by atoms with Crippen molar-refractivity contribution in [1.82, 2.24) is 4.90 Å². The summed E-state index contributed by atoms with van der Waals surface area (Å²) in [7, 11) is 2.31. The first kappa shape index (κ1) is 12.4. The van der Waals surface area contributed by atoms with Crippen LogP contribution >= 0.6 is 0 Å². The Morgan fingerprint density at radius 1 is 0.938 bits per heavy atom. The molecular formula is C14H27NO. The minimum Gasteiger partial charge on any atom is -0.396 e. The van der Waals surface area contributed by atoms with Crippen molar-refractivity contribution in [1.29, 1.82) is 0 Å². The van der Waals surface area contributed by atoms with E-state index in [9.17, 15) is 0 Å². The molecule has 0 aliphatic heterocycles. The van der Waals surface area contributed by atoms with E-state index in [1.165, 1.54) is 57.9 Å². The van der Waals surface area contributed by atoms with Crippen molar-refractivity contribution < 1.29 is 5.11 Å². The molecule has 2 nitrogen and oxygen atoms in total. The zero-order chi connectivity index (χ0) is 11.4. The topological polar surface area (TPSA) is 23.5 Å². The van der Waals surface area contributed by atoms with Gasteiger partial charge in [-0.15, -0.1) is 0 Å². The zero-order valence-corrected chi connectivity index (χ0v) is 10.7. The Labute approximate surface area is 100 Å². The Kier molecular flexibility index (Phi) is 4.66. The molecule has 2 saturated carbocycles. The number of aliphatic hydroxyl groups excluding tert-OH is 1. The summed E-state index contributed by atoms with van der Waals surface area (Å²) in [5.41, 5.74) is 0. The first-order valence-corrected chi connectivity index (χ1v) is 7.10. The highest BCUT2D eigenvalue weighted by Crippen LogP contribution is 2.30. The minimum atomic E-state index is 0.402. The lowest BCUT2D eigenvalue weighted by molar-refractivity contribution is 0.117. The van der Waals surface area contributed by atoms with Crippen molar-refractivity contribution in [3.8, 4) is 0 Å². The maximum Gasteiger partial charge on any atom is 0.0459 e. The van der Waals surface area contributed by atoms with Crippen molar-refractivity contribution >= 4 is 0 Å². The van der Waals surface area contributed by atoms with Crippen LogP contribution in [-0.4, -0.2) is 36.2 Å². The van der Waals surface area contributed by atoms with Gasteiger partial charge in [0.2, 0.25) is 0 Å². The lowest BCUT2D eigenvalue weighted by Crippen LogP contribution is -2.38. The molecule has 0 atom stereocenters. The summed E-state index contributed by atoms with van der Waals surface area (Å²) in [6, 6.07) is 0.795. The fourth-order valence-electron chi connectivity index (χ4n) is 3.52. The molecular weight excluding hydrogens is 198 g/mol. The highest BCUT2D eigenvalue weighted by Gasteiger charge is 2.25. The molecule has 0 bridgehead atoms. The van der Waals surface area contributed by atoms with Gasteiger partial charge in [-0.3, -0.25) is 0 Å². The van der Waals surface area contributed by atoms with Gasteiger partial charge in [-0.25, -0.2) is 0 Å². The Morgan fingerprint density at radius 3 is 2.12 bits per heavy atom. The first-order chi connectivity index (χ1) is 7.79. The van der Waals surface area contributed by atoms with Crippen molar-refractivity contribution in [2.75, 3.05) is 20.2 Å². The maximum atomic E-state index is 9.13. The largest absolute Gasteiger partial charge is 0.396 e. The smallest absolute Gasteiger partial charge is 0.0459 e. The summed E-state index contributed by atoms with van der Waals surface area (Å²) in [5, 5.41) is 9.13. The Bertz CT molecular complexity index is 193. The molecule has 0 aromatic rings. The van der Waals surface area contributed by atoms with Crippen molar-refractivity contribution in [3.63, 3.8) is 0 Å². The molecule has 2 aliphatic carbocycles. The van der Waals surface area contributed by atoms with Crippen molar-refractivity contribution in [3.05, 3.63) is 0 Å². The Hall–Kier alpha value is -0.0800. The van der Waals surface area contributed by atoms with Gasteiger partial charge in [-0.05, 0) is 57.4 Å². The van der Waals surface area contributed by atoms with Crippen LogP contribution in [0.3, 0.4) is 0 Å². The van der Waals surface area contributed by atoms with E-state index in [-0.39, 0.29) is 0 Å². The summed E-state index contributed by atoms with van der Waals surface area (Å²) in [5.74, 6) is 1.57. The molecule has 2 aliphatic rings. The van der Waals surface area contributed by atoms with E-state index >= 15 is 0 Å². The summed E-state index contributed by atoms with van der Waals surface area (Å²) < 4.78 is 0. The van der Waals surface area contributed by atoms with Crippen LogP contribution < -0.4 is 0 Å². The van der Waals surface area contributed by atoms with Gasteiger partial charge < -0.3 is 10.0 Å². The molecule has 16 heavy (non-hydrogen) atoms. The SMILES string of the molecule is CN(CC1CCCC1)C1CCC(CO)CC1. The van der Waals surface area contributed by atoms with Crippen LogP contribution in [0.25, 0.3) is 0 Å². The van der Waals surface area contributed by atoms with Gasteiger partial charge >= 0.3 is 0 Å². The molecule has 0 unspecified atom stereocenters. The summed E-state index contributed by atoms with van der Waals surface area (Å²) in [6.45, 7) is 1.72. The fourth-order valence-corrected chi connectivity index (χ4v) is 3.52. The monoisotopic (exact) mass is 225 g/mol. The molecule has 1 N–H and O–H groups in total. The Balaban J connectivity index is 1.70. The van der Waals surface area contributed by atoms with Gasteiger partial charge in [0.25, 0.3) is 0 Å². The van der Waals surface area contributed by atoms with E-state index in [0.717, 1.165) is 12.0 Å². The van der Waals surface area contributed by atoms with Gasteiger partial charge in [0.05, 0.1) is 0 Å². The second kappa shape index (κ2) is 6.02. The zero-order valence-electron chi connectivity index (χ0n) is 10.7. The van der Waals surface area contributed by atoms with E-state index in [1.54, 1.807) is 0 Å².